The van der Waals surface area contributed by atoms with Gasteiger partial charge in [0.05, 0.1) is 36.0 Å². The van der Waals surface area contributed by atoms with Gasteiger partial charge in [-0.3, -0.25) is 14.4 Å². The van der Waals surface area contributed by atoms with Crippen molar-refractivity contribution in [2.45, 2.75) is 81.9 Å². The van der Waals surface area contributed by atoms with Crippen LogP contribution >= 0.6 is 0 Å². The van der Waals surface area contributed by atoms with E-state index in [1.807, 2.05) is 0 Å². The molecule has 12 nitrogen and oxygen atoms in total. The van der Waals surface area contributed by atoms with Crippen molar-refractivity contribution in [3.8, 4) is 17.2 Å². The first kappa shape index (κ1) is 29.6. The maximum absolute atomic E-state index is 15.8. The summed E-state index contributed by atoms with van der Waals surface area (Å²) in [6.45, 7) is 3.79. The minimum Gasteiger partial charge on any atom is -0.507 e. The van der Waals surface area contributed by atoms with Crippen molar-refractivity contribution in [2.75, 3.05) is 13.7 Å². The van der Waals surface area contributed by atoms with Crippen LogP contribution in [0.5, 0.6) is 17.2 Å². The van der Waals surface area contributed by atoms with Crippen LogP contribution in [0.3, 0.4) is 0 Å². The number of ether oxygens (including phenoxy) is 5. The van der Waals surface area contributed by atoms with E-state index in [1.165, 1.54) is 25.3 Å². The number of carbonyl (C=O) groups excluding carboxylic acids is 3. The highest BCUT2D eigenvalue weighted by Gasteiger charge is 2.57. The highest BCUT2D eigenvalue weighted by Crippen LogP contribution is 2.53. The van der Waals surface area contributed by atoms with Crippen LogP contribution in [0, 0.1) is 0 Å². The third kappa shape index (κ3) is 4.37. The van der Waals surface area contributed by atoms with E-state index in [0.29, 0.717) is 0 Å². The van der Waals surface area contributed by atoms with E-state index in [9.17, 15) is 34.8 Å². The summed E-state index contributed by atoms with van der Waals surface area (Å²) in [6, 6.07) is 4.30. The number of aliphatic hydroxyl groups excluding tert-OH is 1. The topological polar surface area (TPSA) is 178 Å². The number of ketones is 3. The second kappa shape index (κ2) is 10.0. The summed E-state index contributed by atoms with van der Waals surface area (Å²) in [7, 11) is 1.30. The molecule has 2 saturated heterocycles. The molecular formula is C30H31FO12. The van der Waals surface area contributed by atoms with Crippen molar-refractivity contribution in [1.82, 2.24) is 0 Å². The molecule has 43 heavy (non-hydrogen) atoms. The molecule has 2 aromatic carbocycles. The Morgan fingerprint density at radius 1 is 1.07 bits per heavy atom. The predicted octanol–water partition coefficient (Wildman–Crippen LogP) is 1.78. The molecule has 7 atom stereocenters. The molecule has 2 aliphatic carbocycles. The van der Waals surface area contributed by atoms with Gasteiger partial charge in [-0.05, 0) is 26.8 Å². The summed E-state index contributed by atoms with van der Waals surface area (Å²) < 4.78 is 44.4. The Morgan fingerprint density at radius 2 is 1.74 bits per heavy atom. The van der Waals surface area contributed by atoms with Gasteiger partial charge in [-0.15, -0.1) is 0 Å². The third-order valence-corrected chi connectivity index (χ3v) is 8.59. The largest absolute Gasteiger partial charge is 0.507 e. The van der Waals surface area contributed by atoms with Gasteiger partial charge in [-0.1, -0.05) is 12.1 Å². The van der Waals surface area contributed by atoms with Gasteiger partial charge in [0, 0.05) is 29.5 Å². The number of halogens is 1. The number of carbonyl (C=O) groups is 3. The van der Waals surface area contributed by atoms with Gasteiger partial charge in [0.2, 0.25) is 5.78 Å². The fourth-order valence-corrected chi connectivity index (χ4v) is 6.61. The highest BCUT2D eigenvalue weighted by molar-refractivity contribution is 6.31. The number of aliphatic hydroxyl groups is 2. The predicted molar refractivity (Wildman–Crippen MR) is 142 cm³/mol. The summed E-state index contributed by atoms with van der Waals surface area (Å²) in [5.41, 5.74) is -4.14. The number of fused-ring (bicyclic) bond motifs is 4. The molecule has 2 aromatic rings. The van der Waals surface area contributed by atoms with Crippen LogP contribution in [0.4, 0.5) is 4.39 Å². The molecule has 4 N–H and O–H groups in total. The van der Waals surface area contributed by atoms with Crippen molar-refractivity contribution in [3.05, 3.63) is 51.6 Å². The summed E-state index contributed by atoms with van der Waals surface area (Å²) >= 11 is 0. The molecule has 6 rings (SSSR count). The molecule has 0 bridgehead atoms. The van der Waals surface area contributed by atoms with Crippen LogP contribution in [0.1, 0.15) is 76.3 Å². The number of aromatic hydroxyl groups is 2. The molecule has 2 heterocycles. The van der Waals surface area contributed by atoms with E-state index in [-0.39, 0.29) is 28.0 Å². The lowest BCUT2D eigenvalue weighted by Gasteiger charge is -2.42. The standard InChI is InChI=1S/C30H31FO12/c1-11-26-27(43-29(2,3)42-26)21(31)28(40-11)41-15-9-30(38,16(33)10-32)8-13-18(15)25(37)20-19(23(13)35)22(34)12-6-5-7-14(39-4)17(12)24(20)36/h5-7,11,15,21,26-28,32,35,37-38H,8-10H2,1-4H3/t11-,15-,21+,26+,27-,28-,30-/m0/s1. The zero-order valence-electron chi connectivity index (χ0n) is 23.8. The number of phenolic OH excluding ortho intramolecular Hbond substituents is 2. The van der Waals surface area contributed by atoms with Gasteiger partial charge in [0.1, 0.15) is 41.7 Å². The Bertz CT molecular complexity index is 1550. The number of methoxy groups -OCH3 is 1. The SMILES string of the molecule is COc1cccc2c1C(=O)c1c(O)c3c(c(O)c1C2=O)C[C@@](O)(C(=O)CO)C[C@@H]3O[C@@H]1O[C@@H](C)[C@H]2OC(C)(C)O[C@H]2[C@H]1F. The first-order valence-electron chi connectivity index (χ1n) is 13.8. The molecule has 0 saturated carbocycles. The molecule has 230 valence electrons. The van der Waals surface area contributed by atoms with Crippen LogP contribution in [0.25, 0.3) is 0 Å². The van der Waals surface area contributed by atoms with E-state index in [2.05, 4.69) is 0 Å². The molecular weight excluding hydrogens is 571 g/mol. The van der Waals surface area contributed by atoms with Gasteiger partial charge >= 0.3 is 0 Å². The number of alkyl halides is 1. The Hall–Kier alpha value is -3.46. The molecule has 0 amide bonds. The number of phenols is 2. The van der Waals surface area contributed by atoms with Crippen LogP contribution in [0.2, 0.25) is 0 Å². The monoisotopic (exact) mass is 602 g/mol. The average Bonchev–Trinajstić information content (AvgIpc) is 3.31. The van der Waals surface area contributed by atoms with Crippen LogP contribution in [-0.4, -0.2) is 93.7 Å². The lowest BCUT2D eigenvalue weighted by Crippen LogP contribution is -2.55. The maximum Gasteiger partial charge on any atom is 0.202 e. The van der Waals surface area contributed by atoms with Crippen molar-refractivity contribution < 1.29 is 62.9 Å². The fourth-order valence-electron chi connectivity index (χ4n) is 6.61. The maximum atomic E-state index is 15.8. The summed E-state index contributed by atoms with van der Waals surface area (Å²) in [4.78, 5) is 40.1. The zero-order valence-corrected chi connectivity index (χ0v) is 23.8. The Labute approximate surface area is 244 Å². The smallest absolute Gasteiger partial charge is 0.202 e. The lowest BCUT2D eigenvalue weighted by molar-refractivity contribution is -0.278. The third-order valence-electron chi connectivity index (χ3n) is 8.59. The van der Waals surface area contributed by atoms with E-state index in [1.54, 1.807) is 20.8 Å². The van der Waals surface area contributed by atoms with Crippen LogP contribution < -0.4 is 4.74 Å². The normalized spacial score (nSPS) is 32.4. The molecule has 0 unspecified atom stereocenters. The van der Waals surface area contributed by atoms with E-state index in [0.717, 1.165) is 0 Å². The van der Waals surface area contributed by atoms with Crippen LogP contribution in [0.15, 0.2) is 18.2 Å². The molecule has 2 aliphatic heterocycles. The van der Waals surface area contributed by atoms with Crippen LogP contribution in [-0.2, 0) is 30.2 Å². The molecule has 0 spiro atoms. The Balaban J connectivity index is 1.48. The molecule has 0 radical (unpaired) electrons. The zero-order chi connectivity index (χ0) is 31.2. The minimum absolute atomic E-state index is 0.0648. The van der Waals surface area contributed by atoms with Crippen molar-refractivity contribution in [1.29, 1.82) is 0 Å². The number of rotatable bonds is 5. The van der Waals surface area contributed by atoms with Gasteiger partial charge in [-0.2, -0.15) is 0 Å². The second-order valence-corrected chi connectivity index (χ2v) is 11.7. The Kier molecular flexibility index (Phi) is 6.91. The van der Waals surface area contributed by atoms with Gasteiger partial charge in [-0.25, -0.2) is 4.39 Å². The van der Waals surface area contributed by atoms with Gasteiger partial charge < -0.3 is 44.1 Å². The number of benzene rings is 2. The van der Waals surface area contributed by atoms with E-state index < -0.39 is 108 Å². The molecule has 0 aromatic heterocycles. The van der Waals surface area contributed by atoms with E-state index in [4.69, 9.17) is 23.7 Å². The summed E-state index contributed by atoms with van der Waals surface area (Å²) in [5.74, 6) is -5.23. The second-order valence-electron chi connectivity index (χ2n) is 11.7. The van der Waals surface area contributed by atoms with Crippen molar-refractivity contribution >= 4 is 17.3 Å². The molecule has 4 aliphatic rings. The van der Waals surface area contributed by atoms with E-state index >= 15 is 4.39 Å². The number of hydrogen-bond donors (Lipinski definition) is 4. The van der Waals surface area contributed by atoms with Crippen molar-refractivity contribution in [2.24, 2.45) is 0 Å². The fraction of sp³-hybridized carbons (Fsp3) is 0.500. The van der Waals surface area contributed by atoms with Gasteiger partial charge in [0.25, 0.3) is 0 Å². The highest BCUT2D eigenvalue weighted by atomic mass is 19.1. The summed E-state index contributed by atoms with van der Waals surface area (Å²) in [5, 5.41) is 44.0. The number of hydrogen-bond acceptors (Lipinski definition) is 12. The first-order chi connectivity index (χ1) is 20.2. The van der Waals surface area contributed by atoms with Gasteiger partial charge in [0.15, 0.2) is 29.8 Å². The summed E-state index contributed by atoms with van der Waals surface area (Å²) in [6.07, 6.45) is -8.97. The molecule has 13 heteroatoms. The Morgan fingerprint density at radius 3 is 2.42 bits per heavy atom. The first-order valence-corrected chi connectivity index (χ1v) is 13.8. The van der Waals surface area contributed by atoms with Crippen molar-refractivity contribution in [3.63, 3.8) is 0 Å². The number of Topliss-reactive ketones (excluding diaryl/α,β-unsaturated/α-hetero) is 1. The minimum atomic E-state index is -2.35. The quantitative estimate of drug-likeness (QED) is 0.312. The average molecular weight is 603 g/mol. The molecule has 2 fully saturated rings. The lowest BCUT2D eigenvalue weighted by atomic mass is 9.72.